The summed E-state index contributed by atoms with van der Waals surface area (Å²) in [5, 5.41) is 0. The first-order chi connectivity index (χ1) is 8.42. The zero-order valence-electron chi connectivity index (χ0n) is 10.1. The molecule has 1 N–H and O–H groups in total. The van der Waals surface area contributed by atoms with E-state index in [1.54, 1.807) is 30.3 Å². The van der Waals surface area contributed by atoms with Gasteiger partial charge >= 0.3 is 5.97 Å². The normalized spacial score (nSPS) is 12.8. The minimum absolute atomic E-state index is 0.180. The molecule has 18 heavy (non-hydrogen) atoms. The van der Waals surface area contributed by atoms with Crippen molar-refractivity contribution in [3.05, 3.63) is 30.3 Å². The van der Waals surface area contributed by atoms with Crippen LogP contribution < -0.4 is 9.46 Å². The maximum atomic E-state index is 11.5. The van der Waals surface area contributed by atoms with E-state index in [0.29, 0.717) is 5.75 Å². The Morgan fingerprint density at radius 1 is 1.33 bits per heavy atom. The second kappa shape index (κ2) is 6.36. The van der Waals surface area contributed by atoms with Crippen LogP contribution in [0.25, 0.3) is 0 Å². The molecule has 0 spiro atoms. The minimum Gasteiger partial charge on any atom is -0.477 e. The maximum Gasteiger partial charge on any atom is 0.348 e. The molecule has 100 valence electrons. The zero-order valence-corrected chi connectivity index (χ0v) is 10.9. The Hall–Kier alpha value is -1.60. The van der Waals surface area contributed by atoms with Crippen LogP contribution in [-0.2, 0) is 19.6 Å². The Morgan fingerprint density at radius 3 is 2.44 bits per heavy atom. The van der Waals surface area contributed by atoms with Gasteiger partial charge in [0, 0.05) is 0 Å². The Morgan fingerprint density at radius 2 is 1.94 bits per heavy atom. The summed E-state index contributed by atoms with van der Waals surface area (Å²) in [5.74, 6) is -0.182. The molecule has 0 bridgehead atoms. The van der Waals surface area contributed by atoms with Crippen molar-refractivity contribution in [2.75, 3.05) is 19.9 Å². The molecule has 0 aliphatic rings. The zero-order chi connectivity index (χ0) is 13.6. The summed E-state index contributed by atoms with van der Waals surface area (Å²) in [4.78, 5) is 11.5. The first-order valence-corrected chi connectivity index (χ1v) is 7.05. The van der Waals surface area contributed by atoms with E-state index in [1.165, 1.54) is 7.11 Å². The van der Waals surface area contributed by atoms with Crippen molar-refractivity contribution >= 4 is 16.0 Å². The van der Waals surface area contributed by atoms with Crippen molar-refractivity contribution in [1.82, 2.24) is 4.72 Å². The Kier molecular flexibility index (Phi) is 5.11. The third-order valence-corrected chi connectivity index (χ3v) is 2.71. The molecule has 0 saturated carbocycles. The number of esters is 1. The van der Waals surface area contributed by atoms with Gasteiger partial charge in [0.05, 0.1) is 19.9 Å². The highest BCUT2D eigenvalue weighted by molar-refractivity contribution is 7.88. The van der Waals surface area contributed by atoms with Crippen LogP contribution in [0.2, 0.25) is 0 Å². The van der Waals surface area contributed by atoms with Gasteiger partial charge in [-0.1, -0.05) is 18.2 Å². The van der Waals surface area contributed by atoms with Crippen LogP contribution in [0.1, 0.15) is 0 Å². The monoisotopic (exact) mass is 273 g/mol. The highest BCUT2D eigenvalue weighted by atomic mass is 32.2. The van der Waals surface area contributed by atoms with Gasteiger partial charge in [0.1, 0.15) is 5.75 Å². The molecule has 6 nitrogen and oxygen atoms in total. The predicted molar refractivity (Wildman–Crippen MR) is 65.7 cm³/mol. The third kappa shape index (κ3) is 5.15. The fourth-order valence-electron chi connectivity index (χ4n) is 1.19. The highest BCUT2D eigenvalue weighted by Crippen LogP contribution is 2.11. The van der Waals surface area contributed by atoms with E-state index in [1.807, 2.05) is 0 Å². The van der Waals surface area contributed by atoms with E-state index in [0.717, 1.165) is 6.26 Å². The second-order valence-corrected chi connectivity index (χ2v) is 5.40. The van der Waals surface area contributed by atoms with Crippen molar-refractivity contribution in [2.45, 2.75) is 6.10 Å². The number of carbonyl (C=O) groups is 1. The van der Waals surface area contributed by atoms with Gasteiger partial charge in [0.2, 0.25) is 16.1 Å². The van der Waals surface area contributed by atoms with Gasteiger partial charge in [-0.15, -0.1) is 0 Å². The van der Waals surface area contributed by atoms with Gasteiger partial charge in [-0.2, -0.15) is 0 Å². The maximum absolute atomic E-state index is 11.5. The number of ether oxygens (including phenoxy) is 2. The SMILES string of the molecule is COC(=O)C(CNS(C)(=O)=O)Oc1ccccc1. The van der Waals surface area contributed by atoms with Gasteiger partial charge in [-0.3, -0.25) is 0 Å². The highest BCUT2D eigenvalue weighted by Gasteiger charge is 2.22. The van der Waals surface area contributed by atoms with E-state index in [2.05, 4.69) is 9.46 Å². The van der Waals surface area contributed by atoms with E-state index in [4.69, 9.17) is 4.74 Å². The van der Waals surface area contributed by atoms with Crippen LogP contribution in [0.4, 0.5) is 0 Å². The minimum atomic E-state index is -3.39. The lowest BCUT2D eigenvalue weighted by Gasteiger charge is -2.16. The van der Waals surface area contributed by atoms with Crippen LogP contribution in [0.5, 0.6) is 5.75 Å². The summed E-state index contributed by atoms with van der Waals surface area (Å²) >= 11 is 0. The molecular weight excluding hydrogens is 258 g/mol. The van der Waals surface area contributed by atoms with Crippen molar-refractivity contribution in [3.63, 3.8) is 0 Å². The molecule has 0 fully saturated rings. The molecule has 1 rings (SSSR count). The number of rotatable bonds is 6. The quantitative estimate of drug-likeness (QED) is 0.746. The van der Waals surface area contributed by atoms with Crippen LogP contribution in [0.3, 0.4) is 0 Å². The van der Waals surface area contributed by atoms with Crippen molar-refractivity contribution in [1.29, 1.82) is 0 Å². The molecule has 1 aromatic carbocycles. The number of para-hydroxylation sites is 1. The third-order valence-electron chi connectivity index (χ3n) is 2.02. The number of benzene rings is 1. The molecule has 0 aliphatic heterocycles. The van der Waals surface area contributed by atoms with Gasteiger partial charge in [0.25, 0.3) is 0 Å². The van der Waals surface area contributed by atoms with Gasteiger partial charge in [-0.05, 0) is 12.1 Å². The predicted octanol–water partition coefficient (Wildman–Crippen LogP) is 0.156. The lowest BCUT2D eigenvalue weighted by molar-refractivity contribution is -0.148. The molecule has 0 saturated heterocycles. The summed E-state index contributed by atoms with van der Waals surface area (Å²) in [5.41, 5.74) is 0. The second-order valence-electron chi connectivity index (χ2n) is 3.56. The molecule has 0 heterocycles. The van der Waals surface area contributed by atoms with E-state index in [9.17, 15) is 13.2 Å². The molecule has 1 aromatic rings. The molecule has 1 unspecified atom stereocenters. The average Bonchev–Trinajstić information content (AvgIpc) is 2.33. The Labute approximate surface area is 106 Å². The summed E-state index contributed by atoms with van der Waals surface area (Å²) < 4.78 is 34.1. The summed E-state index contributed by atoms with van der Waals surface area (Å²) in [6.07, 6.45) is -0.0174. The molecule has 0 amide bonds. The largest absolute Gasteiger partial charge is 0.477 e. The Bertz CT molecular complexity index is 485. The summed E-state index contributed by atoms with van der Waals surface area (Å²) in [6, 6.07) is 8.61. The average molecular weight is 273 g/mol. The fraction of sp³-hybridized carbons (Fsp3) is 0.364. The number of hydrogen-bond donors (Lipinski definition) is 1. The molecular formula is C11H15NO5S. The Balaban J connectivity index is 2.70. The smallest absolute Gasteiger partial charge is 0.348 e. The topological polar surface area (TPSA) is 81.7 Å². The van der Waals surface area contributed by atoms with Crippen LogP contribution in [-0.4, -0.2) is 40.4 Å². The molecule has 0 aromatic heterocycles. The number of nitrogens with one attached hydrogen (secondary N) is 1. The first kappa shape index (κ1) is 14.5. The van der Waals surface area contributed by atoms with Gasteiger partial charge in [-0.25, -0.2) is 17.9 Å². The van der Waals surface area contributed by atoms with E-state index in [-0.39, 0.29) is 6.54 Å². The van der Waals surface area contributed by atoms with Crippen LogP contribution in [0.15, 0.2) is 30.3 Å². The number of sulfonamides is 1. The van der Waals surface area contributed by atoms with Gasteiger partial charge < -0.3 is 9.47 Å². The fourth-order valence-corrected chi connectivity index (χ4v) is 1.65. The van der Waals surface area contributed by atoms with Crippen molar-refractivity contribution < 1.29 is 22.7 Å². The van der Waals surface area contributed by atoms with Crippen molar-refractivity contribution in [2.24, 2.45) is 0 Å². The summed E-state index contributed by atoms with van der Waals surface area (Å²) in [7, 11) is -2.18. The van der Waals surface area contributed by atoms with Crippen LogP contribution >= 0.6 is 0 Å². The molecule has 1 atom stereocenters. The van der Waals surface area contributed by atoms with Crippen LogP contribution in [0, 0.1) is 0 Å². The lowest BCUT2D eigenvalue weighted by Crippen LogP contribution is -2.40. The van der Waals surface area contributed by atoms with E-state index < -0.39 is 22.1 Å². The number of hydrogen-bond acceptors (Lipinski definition) is 5. The number of methoxy groups -OCH3 is 1. The number of carbonyl (C=O) groups excluding carboxylic acids is 1. The van der Waals surface area contributed by atoms with E-state index >= 15 is 0 Å². The first-order valence-electron chi connectivity index (χ1n) is 5.16. The standard InChI is InChI=1S/C11H15NO5S/c1-16-11(13)10(8-12-18(2,14)15)17-9-6-4-3-5-7-9/h3-7,10,12H,8H2,1-2H3. The lowest BCUT2D eigenvalue weighted by atomic mass is 10.3. The molecule has 0 radical (unpaired) electrons. The summed E-state index contributed by atoms with van der Waals surface area (Å²) in [6.45, 7) is -0.180. The van der Waals surface area contributed by atoms with Gasteiger partial charge in [0.15, 0.2) is 0 Å². The van der Waals surface area contributed by atoms with Crippen molar-refractivity contribution in [3.8, 4) is 5.75 Å². The molecule has 7 heteroatoms. The molecule has 0 aliphatic carbocycles.